The Morgan fingerprint density at radius 2 is 1.81 bits per heavy atom. The number of aliphatic imine (C=N–C) groups is 1. The average molecular weight is 291 g/mol. The van der Waals surface area contributed by atoms with Gasteiger partial charge in [-0.05, 0) is 24.5 Å². The maximum atomic E-state index is 8.89. The number of aliphatic hydroxyl groups is 1. The van der Waals surface area contributed by atoms with Crippen molar-refractivity contribution >= 4 is 5.96 Å². The number of rotatable bonds is 7. The number of hydrogen-bond donors (Lipinski definition) is 3. The molecule has 21 heavy (non-hydrogen) atoms. The minimum atomic E-state index is -0.0200. The molecule has 0 aliphatic carbocycles. The zero-order valence-electron chi connectivity index (χ0n) is 13.7. The van der Waals surface area contributed by atoms with E-state index in [9.17, 15) is 0 Å². The van der Waals surface area contributed by atoms with Crippen molar-refractivity contribution in [3.05, 3.63) is 35.4 Å². The van der Waals surface area contributed by atoms with Crippen molar-refractivity contribution in [1.29, 1.82) is 0 Å². The van der Waals surface area contributed by atoms with Crippen LogP contribution in [0.4, 0.5) is 0 Å². The Kier molecular flexibility index (Phi) is 7.23. The molecule has 1 rings (SSSR count). The molecule has 4 nitrogen and oxygen atoms in total. The first-order chi connectivity index (χ1) is 10.0. The lowest BCUT2D eigenvalue weighted by atomic mass is 9.84. The van der Waals surface area contributed by atoms with Gasteiger partial charge < -0.3 is 15.7 Å². The van der Waals surface area contributed by atoms with Gasteiger partial charge in [-0.3, -0.25) is 4.99 Å². The van der Waals surface area contributed by atoms with Gasteiger partial charge in [-0.1, -0.05) is 45.0 Å². The van der Waals surface area contributed by atoms with E-state index >= 15 is 0 Å². The Morgan fingerprint density at radius 1 is 1.14 bits per heavy atom. The second kappa shape index (κ2) is 8.67. The van der Waals surface area contributed by atoms with E-state index < -0.39 is 0 Å². The zero-order valence-corrected chi connectivity index (χ0v) is 13.7. The number of hydrogen-bond acceptors (Lipinski definition) is 2. The minimum Gasteiger partial charge on any atom is -0.395 e. The average Bonchev–Trinajstić information content (AvgIpc) is 2.50. The highest BCUT2D eigenvalue weighted by atomic mass is 16.3. The molecule has 0 radical (unpaired) electrons. The van der Waals surface area contributed by atoms with Crippen molar-refractivity contribution in [2.75, 3.05) is 26.2 Å². The highest BCUT2D eigenvalue weighted by molar-refractivity contribution is 5.79. The lowest BCUT2D eigenvalue weighted by molar-refractivity contribution is 0.300. The molecule has 0 spiro atoms. The first kappa shape index (κ1) is 17.5. The molecule has 118 valence electrons. The summed E-state index contributed by atoms with van der Waals surface area (Å²) in [4.78, 5) is 4.62. The second-order valence-electron chi connectivity index (χ2n) is 5.78. The predicted octanol–water partition coefficient (Wildman–Crippen LogP) is 2.07. The van der Waals surface area contributed by atoms with Crippen molar-refractivity contribution in [1.82, 2.24) is 10.6 Å². The van der Waals surface area contributed by atoms with Crippen LogP contribution in [0.3, 0.4) is 0 Å². The molecule has 0 bridgehead atoms. The summed E-state index contributed by atoms with van der Waals surface area (Å²) in [6, 6.07) is 8.77. The van der Waals surface area contributed by atoms with Crippen LogP contribution in [0.5, 0.6) is 0 Å². The molecule has 0 amide bonds. The molecule has 0 aliphatic rings. The Labute approximate surface area is 128 Å². The fraction of sp³-hybridized carbons (Fsp3) is 0.588. The summed E-state index contributed by atoms with van der Waals surface area (Å²) in [6.07, 6.45) is 1.06. The van der Waals surface area contributed by atoms with Gasteiger partial charge in [0.15, 0.2) is 5.96 Å². The normalized spacial score (nSPS) is 12.3. The third-order valence-electron chi connectivity index (χ3n) is 3.52. The smallest absolute Gasteiger partial charge is 0.191 e. The molecule has 4 heteroatoms. The number of nitrogens with zero attached hydrogens (tertiary/aromatic N) is 1. The van der Waals surface area contributed by atoms with E-state index in [0.29, 0.717) is 13.1 Å². The van der Waals surface area contributed by atoms with Gasteiger partial charge in [0, 0.05) is 18.5 Å². The van der Waals surface area contributed by atoms with E-state index in [4.69, 9.17) is 5.11 Å². The maximum absolute atomic E-state index is 8.89. The molecule has 0 unspecified atom stereocenters. The summed E-state index contributed by atoms with van der Waals surface area (Å²) in [5.41, 5.74) is 2.63. The van der Waals surface area contributed by atoms with Crippen molar-refractivity contribution in [2.24, 2.45) is 4.99 Å². The van der Waals surface area contributed by atoms with Gasteiger partial charge in [0.05, 0.1) is 13.2 Å². The fourth-order valence-electron chi connectivity index (χ4n) is 2.08. The van der Waals surface area contributed by atoms with Crippen LogP contribution in [-0.4, -0.2) is 37.3 Å². The first-order valence-corrected chi connectivity index (χ1v) is 7.76. The van der Waals surface area contributed by atoms with Crippen LogP contribution < -0.4 is 10.6 Å². The number of aryl methyl sites for hydroxylation is 1. The summed E-state index contributed by atoms with van der Waals surface area (Å²) in [5, 5.41) is 15.2. The third-order valence-corrected chi connectivity index (χ3v) is 3.52. The quantitative estimate of drug-likeness (QED) is 0.532. The van der Waals surface area contributed by atoms with Crippen molar-refractivity contribution < 1.29 is 5.11 Å². The van der Waals surface area contributed by atoms with E-state index in [1.165, 1.54) is 11.1 Å². The van der Waals surface area contributed by atoms with E-state index in [1.807, 2.05) is 6.92 Å². The molecule has 1 aromatic carbocycles. The molecule has 0 saturated heterocycles. The standard InChI is InChI=1S/C17H29N3O/c1-5-14-7-9-15(10-8-14)17(3,4)13-20-16(18-6-2)19-11-12-21/h7-10,21H,5-6,11-13H2,1-4H3,(H2,18,19,20). The van der Waals surface area contributed by atoms with Gasteiger partial charge in [0.2, 0.25) is 0 Å². The van der Waals surface area contributed by atoms with Gasteiger partial charge in [-0.25, -0.2) is 0 Å². The molecule has 1 aromatic rings. The topological polar surface area (TPSA) is 56.7 Å². The molecular weight excluding hydrogens is 262 g/mol. The summed E-state index contributed by atoms with van der Waals surface area (Å²) in [6.45, 7) is 10.7. The summed E-state index contributed by atoms with van der Waals surface area (Å²) in [5.74, 6) is 0.754. The van der Waals surface area contributed by atoms with E-state index in [0.717, 1.165) is 18.9 Å². The fourth-order valence-corrected chi connectivity index (χ4v) is 2.08. The van der Waals surface area contributed by atoms with Crippen LogP contribution >= 0.6 is 0 Å². The Hall–Kier alpha value is -1.55. The SMILES string of the molecule is CCNC(=NCC(C)(C)c1ccc(CC)cc1)NCCO. The van der Waals surface area contributed by atoms with Crippen LogP contribution in [0, 0.1) is 0 Å². The van der Waals surface area contributed by atoms with E-state index in [1.54, 1.807) is 0 Å². The van der Waals surface area contributed by atoms with Crippen LogP contribution in [-0.2, 0) is 11.8 Å². The Balaban J connectivity index is 2.75. The monoisotopic (exact) mass is 291 g/mol. The number of benzene rings is 1. The zero-order chi connectivity index (χ0) is 15.7. The predicted molar refractivity (Wildman–Crippen MR) is 89.9 cm³/mol. The highest BCUT2D eigenvalue weighted by Gasteiger charge is 2.20. The first-order valence-electron chi connectivity index (χ1n) is 7.76. The second-order valence-corrected chi connectivity index (χ2v) is 5.78. The molecule has 0 aliphatic heterocycles. The molecule has 3 N–H and O–H groups in total. The molecule has 0 fully saturated rings. The van der Waals surface area contributed by atoms with Crippen LogP contribution in [0.2, 0.25) is 0 Å². The van der Waals surface area contributed by atoms with Gasteiger partial charge in [0.25, 0.3) is 0 Å². The number of aliphatic hydroxyl groups excluding tert-OH is 1. The van der Waals surface area contributed by atoms with Crippen LogP contribution in [0.1, 0.15) is 38.8 Å². The van der Waals surface area contributed by atoms with Gasteiger partial charge in [0.1, 0.15) is 0 Å². The summed E-state index contributed by atoms with van der Waals surface area (Å²) in [7, 11) is 0. The highest BCUT2D eigenvalue weighted by Crippen LogP contribution is 2.24. The molecule has 0 heterocycles. The largest absolute Gasteiger partial charge is 0.395 e. The molecule has 0 aromatic heterocycles. The lowest BCUT2D eigenvalue weighted by Gasteiger charge is -2.24. The Bertz CT molecular complexity index is 438. The van der Waals surface area contributed by atoms with Crippen molar-refractivity contribution in [3.63, 3.8) is 0 Å². The lowest BCUT2D eigenvalue weighted by Crippen LogP contribution is -2.39. The van der Waals surface area contributed by atoms with Crippen LogP contribution in [0.25, 0.3) is 0 Å². The maximum Gasteiger partial charge on any atom is 0.191 e. The number of nitrogens with one attached hydrogen (secondary N) is 2. The van der Waals surface area contributed by atoms with Crippen LogP contribution in [0.15, 0.2) is 29.3 Å². The Morgan fingerprint density at radius 3 is 2.33 bits per heavy atom. The molecule has 0 saturated carbocycles. The molecule has 0 atom stereocenters. The van der Waals surface area contributed by atoms with Gasteiger partial charge >= 0.3 is 0 Å². The van der Waals surface area contributed by atoms with Crippen molar-refractivity contribution in [3.8, 4) is 0 Å². The minimum absolute atomic E-state index is 0.0200. The third kappa shape index (κ3) is 5.76. The van der Waals surface area contributed by atoms with E-state index in [-0.39, 0.29) is 12.0 Å². The summed E-state index contributed by atoms with van der Waals surface area (Å²) >= 11 is 0. The van der Waals surface area contributed by atoms with Gasteiger partial charge in [-0.15, -0.1) is 0 Å². The molecular formula is C17H29N3O. The van der Waals surface area contributed by atoms with Crippen molar-refractivity contribution in [2.45, 2.75) is 39.5 Å². The van der Waals surface area contributed by atoms with E-state index in [2.05, 4.69) is 60.7 Å². The number of guanidine groups is 1. The van der Waals surface area contributed by atoms with Gasteiger partial charge in [-0.2, -0.15) is 0 Å². The summed E-state index contributed by atoms with van der Waals surface area (Å²) < 4.78 is 0.